The average Bonchev–Trinajstić information content (AvgIpc) is 3.03. The molecule has 2 N–H and O–H groups in total. The molecule has 0 aliphatic carbocycles. The number of aromatic nitrogens is 5. The highest BCUT2D eigenvalue weighted by Crippen LogP contribution is 2.09. The van der Waals surface area contributed by atoms with E-state index in [9.17, 15) is 8.42 Å². The molecule has 0 aliphatic rings. The molecule has 0 aliphatic heterocycles. The van der Waals surface area contributed by atoms with Gasteiger partial charge in [0.2, 0.25) is 10.0 Å². The second kappa shape index (κ2) is 7.53. The second-order valence-corrected chi connectivity index (χ2v) is 7.42. The van der Waals surface area contributed by atoms with Crippen molar-refractivity contribution < 1.29 is 8.42 Å². The van der Waals surface area contributed by atoms with Gasteiger partial charge in [-0.2, -0.15) is 4.52 Å². The van der Waals surface area contributed by atoms with Crippen molar-refractivity contribution in [3.63, 3.8) is 0 Å². The van der Waals surface area contributed by atoms with Gasteiger partial charge in [-0.3, -0.25) is 4.98 Å². The van der Waals surface area contributed by atoms with E-state index in [1.807, 2.05) is 24.3 Å². The molecule has 0 saturated carbocycles. The molecule has 0 fully saturated rings. The number of pyridine rings is 1. The number of hydrogen-bond acceptors (Lipinski definition) is 7. The van der Waals surface area contributed by atoms with Crippen LogP contribution in [0.15, 0.2) is 36.5 Å². The lowest BCUT2D eigenvalue weighted by Crippen LogP contribution is -2.27. The minimum atomic E-state index is -3.22. The molecular formula is C15H19N7O2S. The molecule has 0 saturated heterocycles. The van der Waals surface area contributed by atoms with Gasteiger partial charge in [0.1, 0.15) is 5.82 Å². The summed E-state index contributed by atoms with van der Waals surface area (Å²) in [5.41, 5.74) is 1.51. The average molecular weight is 361 g/mol. The highest BCUT2D eigenvalue weighted by molar-refractivity contribution is 7.89. The van der Waals surface area contributed by atoms with E-state index in [1.54, 1.807) is 23.7 Å². The summed E-state index contributed by atoms with van der Waals surface area (Å²) in [4.78, 5) is 4.25. The number of nitrogens with zero attached hydrogens (tertiary/aromatic N) is 5. The van der Waals surface area contributed by atoms with Gasteiger partial charge >= 0.3 is 0 Å². The van der Waals surface area contributed by atoms with Crippen molar-refractivity contribution in [2.24, 2.45) is 0 Å². The first-order chi connectivity index (χ1) is 12.1. The molecule has 0 spiro atoms. The summed E-state index contributed by atoms with van der Waals surface area (Å²) >= 11 is 0. The van der Waals surface area contributed by atoms with E-state index in [4.69, 9.17) is 0 Å². The van der Waals surface area contributed by atoms with Gasteiger partial charge < -0.3 is 5.32 Å². The first-order valence-corrected chi connectivity index (χ1v) is 9.55. The zero-order valence-corrected chi connectivity index (χ0v) is 14.6. The van der Waals surface area contributed by atoms with Gasteiger partial charge in [-0.1, -0.05) is 6.07 Å². The summed E-state index contributed by atoms with van der Waals surface area (Å²) < 4.78 is 27.1. The lowest BCUT2D eigenvalue weighted by molar-refractivity contribution is 0.581. The predicted octanol–water partition coefficient (Wildman–Crippen LogP) is 0.613. The van der Waals surface area contributed by atoms with Crippen LogP contribution in [0.2, 0.25) is 0 Å². The fourth-order valence-electron chi connectivity index (χ4n) is 2.19. The van der Waals surface area contributed by atoms with Crippen molar-refractivity contribution in [3.8, 4) is 0 Å². The Hall–Kier alpha value is -2.59. The van der Waals surface area contributed by atoms with E-state index < -0.39 is 10.0 Å². The summed E-state index contributed by atoms with van der Waals surface area (Å²) in [5.74, 6) is 1.30. The molecular weight excluding hydrogens is 342 g/mol. The fourth-order valence-corrected chi connectivity index (χ4v) is 2.80. The Balaban J connectivity index is 1.69. The largest absolute Gasteiger partial charge is 0.363 e. The molecule has 0 atom stereocenters. The number of anilines is 1. The summed E-state index contributed by atoms with van der Waals surface area (Å²) in [5, 5.41) is 15.8. The first kappa shape index (κ1) is 17.2. The molecule has 9 nitrogen and oxygen atoms in total. The van der Waals surface area contributed by atoms with Gasteiger partial charge in [-0.25, -0.2) is 13.1 Å². The standard InChI is InChI=1S/C15H19N7O2S/c1-2-25(23,24)18-10-8-15-20-19-14-7-6-13(21-22(14)15)17-11-12-5-3-4-9-16-12/h3-7,9,18H,2,8,10-11H2,1H3,(H,17,21). The van der Waals surface area contributed by atoms with E-state index in [2.05, 4.69) is 30.3 Å². The number of fused-ring (bicyclic) bond motifs is 1. The molecule has 3 heterocycles. The molecule has 3 rings (SSSR count). The maximum atomic E-state index is 11.5. The van der Waals surface area contributed by atoms with Crippen molar-refractivity contribution in [3.05, 3.63) is 48.0 Å². The zero-order chi connectivity index (χ0) is 17.7. The quantitative estimate of drug-likeness (QED) is 0.604. The van der Waals surface area contributed by atoms with Gasteiger partial charge in [0.25, 0.3) is 0 Å². The molecule has 3 aromatic heterocycles. The second-order valence-electron chi connectivity index (χ2n) is 5.33. The minimum absolute atomic E-state index is 0.0490. The van der Waals surface area contributed by atoms with Crippen molar-refractivity contribution in [1.29, 1.82) is 0 Å². The Bertz CT molecular complexity index is 941. The Kier molecular flexibility index (Phi) is 5.19. The van der Waals surface area contributed by atoms with Crippen LogP contribution in [0.5, 0.6) is 0 Å². The van der Waals surface area contributed by atoms with Crippen LogP contribution < -0.4 is 10.0 Å². The van der Waals surface area contributed by atoms with Crippen molar-refractivity contribution >= 4 is 21.5 Å². The SMILES string of the molecule is CCS(=O)(=O)NCCc1nnc2ccc(NCc3ccccn3)nn12. The van der Waals surface area contributed by atoms with Gasteiger partial charge in [0, 0.05) is 19.2 Å². The third kappa shape index (κ3) is 4.48. The highest BCUT2D eigenvalue weighted by Gasteiger charge is 2.10. The molecule has 25 heavy (non-hydrogen) atoms. The topological polar surface area (TPSA) is 114 Å². The van der Waals surface area contributed by atoms with Crippen LogP contribution in [-0.2, 0) is 23.0 Å². The van der Waals surface area contributed by atoms with Crippen LogP contribution in [0.1, 0.15) is 18.4 Å². The van der Waals surface area contributed by atoms with Crippen LogP contribution in [0.3, 0.4) is 0 Å². The van der Waals surface area contributed by atoms with Crippen LogP contribution in [-0.4, -0.2) is 45.5 Å². The monoisotopic (exact) mass is 361 g/mol. The minimum Gasteiger partial charge on any atom is -0.363 e. The van der Waals surface area contributed by atoms with E-state index in [0.29, 0.717) is 30.3 Å². The van der Waals surface area contributed by atoms with Gasteiger partial charge in [0.05, 0.1) is 18.0 Å². The van der Waals surface area contributed by atoms with Gasteiger partial charge in [-0.05, 0) is 31.2 Å². The number of sulfonamides is 1. The smallest absolute Gasteiger partial charge is 0.211 e. The Labute approximate surface area is 145 Å². The normalized spacial score (nSPS) is 11.7. The maximum Gasteiger partial charge on any atom is 0.211 e. The lowest BCUT2D eigenvalue weighted by atomic mass is 10.3. The Morgan fingerprint density at radius 2 is 2.04 bits per heavy atom. The molecule has 0 unspecified atom stereocenters. The molecule has 0 bridgehead atoms. The molecule has 0 amide bonds. The molecule has 132 valence electrons. The fraction of sp³-hybridized carbons (Fsp3) is 0.333. The van der Waals surface area contributed by atoms with E-state index >= 15 is 0 Å². The number of hydrogen-bond donors (Lipinski definition) is 2. The highest BCUT2D eigenvalue weighted by atomic mass is 32.2. The van der Waals surface area contributed by atoms with Gasteiger partial charge in [0.15, 0.2) is 11.5 Å². The number of rotatable bonds is 8. The predicted molar refractivity (Wildman–Crippen MR) is 93.5 cm³/mol. The van der Waals surface area contributed by atoms with E-state index in [1.165, 1.54) is 0 Å². The van der Waals surface area contributed by atoms with Crippen molar-refractivity contribution in [2.45, 2.75) is 19.9 Å². The van der Waals surface area contributed by atoms with Crippen LogP contribution in [0, 0.1) is 0 Å². The summed E-state index contributed by atoms with van der Waals surface area (Å²) in [7, 11) is -3.22. The van der Waals surface area contributed by atoms with Crippen LogP contribution >= 0.6 is 0 Å². The maximum absolute atomic E-state index is 11.5. The lowest BCUT2D eigenvalue weighted by Gasteiger charge is -2.06. The third-order valence-corrected chi connectivity index (χ3v) is 4.96. The zero-order valence-electron chi connectivity index (χ0n) is 13.8. The van der Waals surface area contributed by atoms with E-state index in [0.717, 1.165) is 5.69 Å². The first-order valence-electron chi connectivity index (χ1n) is 7.90. The summed E-state index contributed by atoms with van der Waals surface area (Å²) in [6.45, 7) is 2.40. The van der Waals surface area contributed by atoms with E-state index in [-0.39, 0.29) is 12.3 Å². The number of nitrogens with one attached hydrogen (secondary N) is 2. The summed E-state index contributed by atoms with van der Waals surface area (Å²) in [6.07, 6.45) is 2.14. The van der Waals surface area contributed by atoms with Gasteiger partial charge in [-0.15, -0.1) is 15.3 Å². The molecule has 0 aromatic carbocycles. The van der Waals surface area contributed by atoms with Crippen LogP contribution in [0.25, 0.3) is 5.65 Å². The Morgan fingerprint density at radius 1 is 1.16 bits per heavy atom. The molecule has 3 aromatic rings. The summed E-state index contributed by atoms with van der Waals surface area (Å²) in [6, 6.07) is 9.34. The molecule has 10 heteroatoms. The van der Waals surface area contributed by atoms with Crippen molar-refractivity contribution in [2.75, 3.05) is 17.6 Å². The third-order valence-electron chi connectivity index (χ3n) is 3.55. The molecule has 0 radical (unpaired) electrons. The van der Waals surface area contributed by atoms with Crippen LogP contribution in [0.4, 0.5) is 5.82 Å². The van der Waals surface area contributed by atoms with Crippen molar-refractivity contribution in [1.82, 2.24) is 29.5 Å². The Morgan fingerprint density at radius 3 is 2.80 bits per heavy atom.